The molecule has 0 radical (unpaired) electrons. The highest BCUT2D eigenvalue weighted by Gasteiger charge is 2.47. The van der Waals surface area contributed by atoms with E-state index in [0.717, 1.165) is 50.0 Å². The van der Waals surface area contributed by atoms with Gasteiger partial charge in [0.25, 0.3) is 0 Å². The van der Waals surface area contributed by atoms with Crippen molar-refractivity contribution in [2.75, 3.05) is 0 Å². The van der Waals surface area contributed by atoms with Gasteiger partial charge in [0.05, 0.1) is 16.8 Å². The molecule has 0 saturated heterocycles. The molecular weight excluding hydrogens is 609 g/mol. The number of nitrogens with zero attached hydrogens (tertiary/aromatic N) is 2. The van der Waals surface area contributed by atoms with Crippen LogP contribution < -0.4 is 0 Å². The maximum atomic E-state index is 6.18. The van der Waals surface area contributed by atoms with Gasteiger partial charge in [-0.05, 0) is 63.7 Å². The van der Waals surface area contributed by atoms with E-state index in [-0.39, 0.29) is 0 Å². The summed E-state index contributed by atoms with van der Waals surface area (Å²) in [6.45, 7) is 0. The second-order valence-electron chi connectivity index (χ2n) is 12.9. The molecule has 1 aliphatic rings. The van der Waals surface area contributed by atoms with Gasteiger partial charge >= 0.3 is 0 Å². The van der Waals surface area contributed by atoms with Gasteiger partial charge in [0.15, 0.2) is 5.82 Å². The van der Waals surface area contributed by atoms with E-state index in [1.807, 2.05) is 30.3 Å². The van der Waals surface area contributed by atoms with E-state index in [1.54, 1.807) is 0 Å². The number of fused-ring (bicyclic) bond motifs is 6. The first kappa shape index (κ1) is 28.4. The molecule has 0 amide bonds. The van der Waals surface area contributed by atoms with Gasteiger partial charge in [-0.2, -0.15) is 0 Å². The molecule has 2 heterocycles. The van der Waals surface area contributed by atoms with Gasteiger partial charge < -0.3 is 4.42 Å². The second kappa shape index (κ2) is 11.3. The third-order valence-electron chi connectivity index (χ3n) is 10.2. The third-order valence-corrected chi connectivity index (χ3v) is 10.2. The maximum absolute atomic E-state index is 6.18. The van der Waals surface area contributed by atoms with E-state index in [9.17, 15) is 0 Å². The number of hydrogen-bond donors (Lipinski definition) is 0. The summed E-state index contributed by atoms with van der Waals surface area (Å²) < 4.78 is 6.18. The summed E-state index contributed by atoms with van der Waals surface area (Å²) in [4.78, 5) is 10.6. The molecule has 234 valence electrons. The highest BCUT2D eigenvalue weighted by molar-refractivity contribution is 6.06. The summed E-state index contributed by atoms with van der Waals surface area (Å²) in [5.74, 6) is 0.688. The lowest BCUT2D eigenvalue weighted by Gasteiger charge is -2.35. The zero-order valence-corrected chi connectivity index (χ0v) is 27.1. The molecule has 0 atom stereocenters. The molecule has 7 aromatic carbocycles. The van der Waals surface area contributed by atoms with Crippen molar-refractivity contribution in [3.05, 3.63) is 204 Å². The van der Waals surface area contributed by atoms with E-state index < -0.39 is 5.41 Å². The fourth-order valence-corrected chi connectivity index (χ4v) is 8.05. The minimum absolute atomic E-state index is 0.558. The summed E-state index contributed by atoms with van der Waals surface area (Å²) in [7, 11) is 0. The highest BCUT2D eigenvalue weighted by Crippen LogP contribution is 2.58. The van der Waals surface area contributed by atoms with Gasteiger partial charge in [-0.25, -0.2) is 9.97 Å². The lowest BCUT2D eigenvalue weighted by molar-refractivity contribution is 0.669. The summed E-state index contributed by atoms with van der Waals surface area (Å²) in [5, 5.41) is 2.17. The summed E-state index contributed by atoms with van der Waals surface area (Å²) in [6.07, 6.45) is 0. The molecule has 9 aromatic rings. The van der Waals surface area contributed by atoms with Crippen LogP contribution in [-0.4, -0.2) is 9.97 Å². The zero-order chi connectivity index (χ0) is 33.1. The average molecular weight is 639 g/mol. The Morgan fingerprint density at radius 3 is 1.78 bits per heavy atom. The first-order chi connectivity index (χ1) is 24.8. The molecule has 0 aliphatic heterocycles. The van der Waals surface area contributed by atoms with Crippen LogP contribution in [-0.2, 0) is 5.41 Å². The van der Waals surface area contributed by atoms with Gasteiger partial charge in [-0.1, -0.05) is 152 Å². The fourth-order valence-electron chi connectivity index (χ4n) is 8.05. The molecule has 2 aromatic heterocycles. The van der Waals surface area contributed by atoms with Crippen molar-refractivity contribution in [3.8, 4) is 45.0 Å². The van der Waals surface area contributed by atoms with Crippen molar-refractivity contribution in [2.24, 2.45) is 0 Å². The standard InChI is InChI=1S/C47H30N2O/c1-4-15-31(16-5-1)46-48-41(32-27-28-44-39(29-32)36-22-11-13-26-43(36)50-44)30-42(49-46)38-24-14-23-37-35-21-10-12-25-40(35)47(45(37)38,33-17-6-2-7-18-33)34-19-8-3-9-20-34/h1-30H. The minimum Gasteiger partial charge on any atom is -0.456 e. The molecule has 0 fully saturated rings. The predicted molar refractivity (Wildman–Crippen MR) is 203 cm³/mol. The first-order valence-corrected chi connectivity index (χ1v) is 17.0. The second-order valence-corrected chi connectivity index (χ2v) is 12.9. The van der Waals surface area contributed by atoms with Crippen molar-refractivity contribution in [3.63, 3.8) is 0 Å². The Morgan fingerprint density at radius 1 is 0.400 bits per heavy atom. The van der Waals surface area contributed by atoms with Crippen LogP contribution in [0.2, 0.25) is 0 Å². The van der Waals surface area contributed by atoms with Crippen LogP contribution in [0.1, 0.15) is 22.3 Å². The average Bonchev–Trinajstić information content (AvgIpc) is 3.72. The zero-order valence-electron chi connectivity index (χ0n) is 27.1. The molecule has 10 rings (SSSR count). The number of hydrogen-bond acceptors (Lipinski definition) is 3. The van der Waals surface area contributed by atoms with E-state index in [0.29, 0.717) is 5.82 Å². The van der Waals surface area contributed by atoms with Crippen LogP contribution in [0, 0.1) is 0 Å². The molecule has 3 nitrogen and oxygen atoms in total. The molecule has 0 N–H and O–H groups in total. The van der Waals surface area contributed by atoms with Crippen molar-refractivity contribution >= 4 is 21.9 Å². The first-order valence-electron chi connectivity index (χ1n) is 17.0. The number of furan rings is 1. The Bertz CT molecular complexity index is 2660. The molecule has 0 spiro atoms. The molecule has 0 saturated carbocycles. The van der Waals surface area contributed by atoms with Crippen molar-refractivity contribution in [1.29, 1.82) is 0 Å². The van der Waals surface area contributed by atoms with Crippen LogP contribution in [0.4, 0.5) is 0 Å². The number of rotatable bonds is 5. The Kier molecular flexibility index (Phi) is 6.40. The highest BCUT2D eigenvalue weighted by atomic mass is 16.3. The largest absolute Gasteiger partial charge is 0.456 e. The van der Waals surface area contributed by atoms with E-state index in [4.69, 9.17) is 14.4 Å². The van der Waals surface area contributed by atoms with Crippen molar-refractivity contribution < 1.29 is 4.42 Å². The van der Waals surface area contributed by atoms with E-state index >= 15 is 0 Å². The smallest absolute Gasteiger partial charge is 0.160 e. The van der Waals surface area contributed by atoms with Crippen molar-refractivity contribution in [1.82, 2.24) is 9.97 Å². The molecule has 1 aliphatic carbocycles. The number of aromatic nitrogens is 2. The van der Waals surface area contributed by atoms with Crippen LogP contribution in [0.15, 0.2) is 186 Å². The van der Waals surface area contributed by atoms with E-state index in [1.165, 1.54) is 33.4 Å². The Labute approximate surface area is 290 Å². The topological polar surface area (TPSA) is 38.9 Å². The quantitative estimate of drug-likeness (QED) is 0.188. The normalized spacial score (nSPS) is 13.0. The summed E-state index contributed by atoms with van der Waals surface area (Å²) >= 11 is 0. The fraction of sp³-hybridized carbons (Fsp3) is 0.0213. The Hall–Kier alpha value is -6.58. The van der Waals surface area contributed by atoms with Gasteiger partial charge in [-0.3, -0.25) is 0 Å². The number of benzene rings is 7. The number of para-hydroxylation sites is 1. The lowest BCUT2D eigenvalue weighted by Crippen LogP contribution is -2.29. The minimum atomic E-state index is -0.558. The van der Waals surface area contributed by atoms with Crippen LogP contribution in [0.3, 0.4) is 0 Å². The summed E-state index contributed by atoms with van der Waals surface area (Å²) in [5.41, 5.74) is 13.4. The van der Waals surface area contributed by atoms with Crippen LogP contribution in [0.25, 0.3) is 67.0 Å². The van der Waals surface area contributed by atoms with Crippen molar-refractivity contribution in [2.45, 2.75) is 5.41 Å². The van der Waals surface area contributed by atoms with Gasteiger partial charge in [0, 0.05) is 27.5 Å². The predicted octanol–water partition coefficient (Wildman–Crippen LogP) is 11.7. The molecule has 50 heavy (non-hydrogen) atoms. The molecule has 0 bridgehead atoms. The maximum Gasteiger partial charge on any atom is 0.160 e. The van der Waals surface area contributed by atoms with Crippen LogP contribution >= 0.6 is 0 Å². The SMILES string of the molecule is c1ccc(-c2nc(-c3ccc4oc5ccccc5c4c3)cc(-c3cccc4c3C(c3ccccc3)(c3ccccc3)c3ccccc3-4)n2)cc1. The lowest BCUT2D eigenvalue weighted by atomic mass is 9.66. The Morgan fingerprint density at radius 2 is 1.00 bits per heavy atom. The van der Waals surface area contributed by atoms with Gasteiger partial charge in [-0.15, -0.1) is 0 Å². The third kappa shape index (κ3) is 4.23. The Balaban J connectivity index is 1.28. The van der Waals surface area contributed by atoms with E-state index in [2.05, 4.69) is 152 Å². The molecule has 0 unspecified atom stereocenters. The van der Waals surface area contributed by atoms with Gasteiger partial charge in [0.2, 0.25) is 0 Å². The van der Waals surface area contributed by atoms with Crippen LogP contribution in [0.5, 0.6) is 0 Å². The van der Waals surface area contributed by atoms with Gasteiger partial charge in [0.1, 0.15) is 11.2 Å². The monoisotopic (exact) mass is 638 g/mol. The molecule has 3 heteroatoms. The summed E-state index contributed by atoms with van der Waals surface area (Å²) in [6, 6.07) is 64.4. The molecular formula is C47H30N2O.